The monoisotopic (exact) mass is 377 g/mol. The van der Waals surface area contributed by atoms with Crippen molar-refractivity contribution in [1.29, 1.82) is 0 Å². The Morgan fingerprint density at radius 2 is 1.92 bits per heavy atom. The highest BCUT2D eigenvalue weighted by Crippen LogP contribution is 2.38. The molecule has 4 nitrogen and oxygen atoms in total. The molecule has 2 rings (SSSR count). The third-order valence-corrected chi connectivity index (χ3v) is 3.40. The molecule has 0 amide bonds. The molecular weight excluding hydrogens is 368 g/mol. The summed E-state index contributed by atoms with van der Waals surface area (Å²) in [6, 6.07) is 7.33. The van der Waals surface area contributed by atoms with Gasteiger partial charge in [0.1, 0.15) is 11.5 Å². The fourth-order valence-electron chi connectivity index (χ4n) is 1.79. The third-order valence-electron chi connectivity index (χ3n) is 2.83. The molecule has 1 aromatic carbocycles. The number of alkyl halides is 3. The van der Waals surface area contributed by atoms with Gasteiger partial charge in [-0.1, -0.05) is 28.0 Å². The van der Waals surface area contributed by atoms with Crippen molar-refractivity contribution in [3.05, 3.63) is 50.4 Å². The maximum atomic E-state index is 13.2. The van der Waals surface area contributed by atoms with Crippen LogP contribution in [0.15, 0.2) is 24.3 Å². The van der Waals surface area contributed by atoms with Crippen LogP contribution < -0.4 is 9.47 Å². The first-order valence-corrected chi connectivity index (χ1v) is 7.15. The summed E-state index contributed by atoms with van der Waals surface area (Å²) in [5.41, 5.74) is -1.52. The van der Waals surface area contributed by atoms with E-state index in [1.807, 2.05) is 0 Å². The number of benzene rings is 1. The van der Waals surface area contributed by atoms with E-state index in [0.29, 0.717) is 11.8 Å². The molecule has 0 aliphatic carbocycles. The summed E-state index contributed by atoms with van der Waals surface area (Å²) in [7, 11) is 2.73. The number of methoxy groups -OCH3 is 1. The first kappa shape index (κ1) is 18.2. The Labute approximate surface area is 145 Å². The number of ether oxygens (including phenoxy) is 2. The van der Waals surface area contributed by atoms with Crippen LogP contribution in [0.25, 0.3) is 4.85 Å². The van der Waals surface area contributed by atoms with Gasteiger partial charge < -0.3 is 9.47 Å². The fraction of sp³-hybridized carbons (Fsp3) is 0.200. The normalized spacial score (nSPS) is 10.8. The molecule has 0 spiro atoms. The lowest BCUT2D eigenvalue weighted by Crippen LogP contribution is -2.09. The van der Waals surface area contributed by atoms with E-state index in [-0.39, 0.29) is 16.7 Å². The molecule has 2 aromatic rings. The number of hydrogen-bond donors (Lipinski definition) is 0. The van der Waals surface area contributed by atoms with Gasteiger partial charge >= 0.3 is 12.2 Å². The summed E-state index contributed by atoms with van der Waals surface area (Å²) in [6.45, 7) is 0. The van der Waals surface area contributed by atoms with Crippen molar-refractivity contribution < 1.29 is 22.6 Å². The van der Waals surface area contributed by atoms with Gasteiger partial charge in [0, 0.05) is 12.1 Å². The summed E-state index contributed by atoms with van der Waals surface area (Å²) in [5, 5.41) is -0.290. The Bertz CT molecular complexity index is 830. The molecule has 0 N–H and O–H groups in total. The molecule has 126 valence electrons. The van der Waals surface area contributed by atoms with Crippen LogP contribution in [0.4, 0.5) is 13.2 Å². The second-order valence-corrected chi connectivity index (χ2v) is 5.17. The van der Waals surface area contributed by atoms with Gasteiger partial charge in [0.15, 0.2) is 10.7 Å². The van der Waals surface area contributed by atoms with Gasteiger partial charge in [0.2, 0.25) is 5.88 Å². The average molecular weight is 378 g/mol. The van der Waals surface area contributed by atoms with Gasteiger partial charge in [-0.25, -0.2) is 0 Å². The van der Waals surface area contributed by atoms with Crippen molar-refractivity contribution in [2.75, 3.05) is 14.2 Å². The Hall–Kier alpha value is -2.17. The molecule has 0 radical (unpaired) electrons. The van der Waals surface area contributed by atoms with E-state index >= 15 is 0 Å². The van der Waals surface area contributed by atoms with E-state index in [9.17, 15) is 13.2 Å². The minimum atomic E-state index is -4.68. The molecule has 1 aromatic heterocycles. The van der Waals surface area contributed by atoms with Crippen LogP contribution in [0, 0.1) is 6.07 Å². The Balaban J connectivity index is 2.48. The second-order valence-electron chi connectivity index (χ2n) is 4.41. The second kappa shape index (κ2) is 7.16. The van der Waals surface area contributed by atoms with Crippen molar-refractivity contribution in [1.82, 2.24) is 4.98 Å². The lowest BCUT2D eigenvalue weighted by molar-refractivity contribution is -0.137. The molecule has 0 bridgehead atoms. The van der Waals surface area contributed by atoms with E-state index < -0.39 is 22.5 Å². The number of rotatable bonds is 3. The minimum absolute atomic E-state index is 0.107. The van der Waals surface area contributed by atoms with Crippen molar-refractivity contribution in [3.63, 3.8) is 0 Å². The molecule has 0 fully saturated rings. The van der Waals surface area contributed by atoms with Crippen LogP contribution in [-0.4, -0.2) is 19.1 Å². The first-order valence-electron chi connectivity index (χ1n) is 6.40. The third kappa shape index (κ3) is 4.02. The van der Waals surface area contributed by atoms with Crippen molar-refractivity contribution >= 4 is 23.2 Å². The highest BCUT2D eigenvalue weighted by Gasteiger charge is 2.37. The molecule has 0 aliphatic heterocycles. The predicted octanol–water partition coefficient (Wildman–Crippen LogP) is 5.52. The lowest BCUT2D eigenvalue weighted by Gasteiger charge is -2.12. The molecular formula is C15H10Cl2F3N2O2+. The standard InChI is InChI=1S/C15H10Cl2F3N2O2/c1-21-7-9-10(15(18,19)20)6-13(22-14(9)17)24-12-4-3-8(23-2)5-11(12)16/h3-6H,1-2H3/q+1. The molecule has 0 atom stereocenters. The Kier molecular flexibility index (Phi) is 5.42. The van der Waals surface area contributed by atoms with Crippen molar-refractivity contribution in [2.24, 2.45) is 0 Å². The molecule has 0 saturated carbocycles. The van der Waals surface area contributed by atoms with Crippen molar-refractivity contribution in [2.45, 2.75) is 6.18 Å². The number of nitrogens with zero attached hydrogens (tertiary/aromatic N) is 2. The zero-order chi connectivity index (χ0) is 17.9. The van der Waals surface area contributed by atoms with Crippen LogP contribution in [0.5, 0.6) is 17.4 Å². The summed E-state index contributed by atoms with van der Waals surface area (Å²) in [6.07, 6.45) is -4.68. The minimum Gasteiger partial charge on any atom is -0.497 e. The van der Waals surface area contributed by atoms with E-state index in [2.05, 4.69) is 15.9 Å². The Morgan fingerprint density at radius 1 is 1.21 bits per heavy atom. The number of aromatic nitrogens is 1. The van der Waals surface area contributed by atoms with Crippen LogP contribution >= 0.6 is 23.2 Å². The molecule has 0 unspecified atom stereocenters. The summed E-state index contributed by atoms with van der Waals surface area (Å²) >= 11 is 11.8. The predicted molar refractivity (Wildman–Crippen MR) is 84.6 cm³/mol. The van der Waals surface area contributed by atoms with Gasteiger partial charge in [-0.15, -0.1) is 0 Å². The summed E-state index contributed by atoms with van der Waals surface area (Å²) in [5.74, 6) is 0.217. The summed E-state index contributed by atoms with van der Waals surface area (Å²) < 4.78 is 49.8. The maximum Gasteiger partial charge on any atom is 0.418 e. The zero-order valence-electron chi connectivity index (χ0n) is 12.4. The largest absolute Gasteiger partial charge is 0.497 e. The molecule has 0 saturated heterocycles. The average Bonchev–Trinajstić information content (AvgIpc) is 2.50. The smallest absolute Gasteiger partial charge is 0.418 e. The van der Waals surface area contributed by atoms with Crippen LogP contribution in [0.2, 0.25) is 10.2 Å². The van der Waals surface area contributed by atoms with Gasteiger partial charge in [-0.05, 0) is 12.1 Å². The van der Waals surface area contributed by atoms with Crippen LogP contribution in [0.3, 0.4) is 0 Å². The van der Waals surface area contributed by atoms with Crippen LogP contribution in [0.1, 0.15) is 11.1 Å². The van der Waals surface area contributed by atoms with E-state index in [1.165, 1.54) is 26.3 Å². The van der Waals surface area contributed by atoms with Gasteiger partial charge in [-0.2, -0.15) is 18.2 Å². The van der Waals surface area contributed by atoms with Gasteiger partial charge in [-0.3, -0.25) is 0 Å². The number of pyridine rings is 1. The molecule has 0 aliphatic rings. The number of hydrogen-bond acceptors (Lipinski definition) is 3. The quantitative estimate of drug-likeness (QED) is 0.660. The van der Waals surface area contributed by atoms with Gasteiger partial charge in [0.25, 0.3) is 7.05 Å². The van der Waals surface area contributed by atoms with E-state index in [4.69, 9.17) is 32.7 Å². The van der Waals surface area contributed by atoms with E-state index in [0.717, 1.165) is 0 Å². The number of halogens is 5. The Morgan fingerprint density at radius 3 is 2.46 bits per heavy atom. The zero-order valence-corrected chi connectivity index (χ0v) is 13.9. The maximum absolute atomic E-state index is 13.2. The molecule has 1 heterocycles. The van der Waals surface area contributed by atoms with Gasteiger partial charge in [0.05, 0.1) is 17.7 Å². The molecule has 9 heteroatoms. The van der Waals surface area contributed by atoms with E-state index in [1.54, 1.807) is 6.07 Å². The highest BCUT2D eigenvalue weighted by atomic mass is 35.5. The van der Waals surface area contributed by atoms with Crippen LogP contribution in [-0.2, 0) is 6.18 Å². The summed E-state index contributed by atoms with van der Waals surface area (Å²) in [4.78, 5) is 7.21. The molecule has 24 heavy (non-hydrogen) atoms. The topological polar surface area (TPSA) is 35.7 Å². The highest BCUT2D eigenvalue weighted by molar-refractivity contribution is 6.32. The first-order chi connectivity index (χ1) is 11.3. The fourth-order valence-corrected chi connectivity index (χ4v) is 2.23. The lowest BCUT2D eigenvalue weighted by atomic mass is 10.1. The SMILES string of the molecule is C[N+]#Cc1c(C(F)(F)F)cc(Oc2ccc(OC)cc2Cl)nc1Cl. The van der Waals surface area contributed by atoms with Crippen molar-refractivity contribution in [3.8, 4) is 23.4 Å².